The minimum atomic E-state index is -1.19. The van der Waals surface area contributed by atoms with Gasteiger partial charge in [0.1, 0.15) is 12.5 Å². The van der Waals surface area contributed by atoms with Crippen LogP contribution in [0.5, 0.6) is 0 Å². The van der Waals surface area contributed by atoms with Gasteiger partial charge in [0, 0.05) is 17.7 Å². The fourth-order valence-electron chi connectivity index (χ4n) is 10.0. The number of nitrogens with zero attached hydrogens (tertiary/aromatic N) is 3. The third-order valence-corrected chi connectivity index (χ3v) is 14.1. The molecular weight excluding hydrogens is 809 g/mol. The van der Waals surface area contributed by atoms with Crippen molar-refractivity contribution >= 4 is 70.7 Å². The molecule has 0 radical (unpaired) electrons. The number of hydrogen-bond donors (Lipinski definition) is 1. The number of H-pyrrole nitrogens is 1. The number of carbonyl (C=O) groups excluding carboxylic acids is 3. The summed E-state index contributed by atoms with van der Waals surface area (Å²) >= 11 is 0. The summed E-state index contributed by atoms with van der Waals surface area (Å²) in [4.78, 5) is 55.1. The summed E-state index contributed by atoms with van der Waals surface area (Å²) in [6.07, 6.45) is 23.9. The number of esters is 2. The molecule has 1 fully saturated rings. The quantitative estimate of drug-likeness (QED) is 0.0393. The maximum absolute atomic E-state index is 14.4. The van der Waals surface area contributed by atoms with E-state index >= 15 is 0 Å². The number of ketones is 1. The van der Waals surface area contributed by atoms with E-state index in [0.29, 0.717) is 28.9 Å². The van der Waals surface area contributed by atoms with E-state index in [4.69, 9.17) is 24.8 Å². The van der Waals surface area contributed by atoms with Gasteiger partial charge in [0.15, 0.2) is 5.78 Å². The van der Waals surface area contributed by atoms with Gasteiger partial charge >= 0.3 is 35.0 Å². The minimum absolute atomic E-state index is 0. The number of unbranched alkanes of at least 4 members (excludes halogenated alkanes) is 2. The first-order valence-electron chi connectivity index (χ1n) is 23.7. The zero-order chi connectivity index (χ0) is 45.5. The van der Waals surface area contributed by atoms with E-state index in [9.17, 15) is 14.4 Å². The smallest absolute Gasteiger partial charge is 0.664 e. The van der Waals surface area contributed by atoms with Gasteiger partial charge in [0.25, 0.3) is 0 Å². The van der Waals surface area contributed by atoms with Crippen LogP contribution < -0.4 is 20.7 Å². The van der Waals surface area contributed by atoms with Crippen molar-refractivity contribution in [1.29, 1.82) is 0 Å². The van der Waals surface area contributed by atoms with Gasteiger partial charge in [-0.05, 0) is 99.8 Å². The van der Waals surface area contributed by atoms with Crippen molar-refractivity contribution in [2.24, 2.45) is 29.6 Å². The summed E-state index contributed by atoms with van der Waals surface area (Å²) < 4.78 is 11.1. The van der Waals surface area contributed by atoms with Gasteiger partial charge in [0.05, 0.1) is 12.8 Å². The Labute approximate surface area is 398 Å². The number of fused-ring (bicyclic) bond motifs is 7. The SMILES string of the molecule is C=Cc1c2[n-]c(c1C)/C=C1\[N-]/C(=C3\c4[nH]c(c(C)c4C(=O)[C@@H]3C(=O)OC)/C=c3\[n-]/c(c(C)c3CC)=C\2)[C@@H](CCC(=O)OC/C=C(\C)CCC[C@H](C)CCC[C@H](C)CCCCC)[C@@H]1C.[Mg+2]. The van der Waals surface area contributed by atoms with Crippen LogP contribution in [0.4, 0.5) is 0 Å². The van der Waals surface area contributed by atoms with Crippen LogP contribution in [-0.2, 0) is 25.5 Å². The van der Waals surface area contributed by atoms with E-state index in [1.54, 1.807) is 0 Å². The molecule has 0 aromatic carbocycles. The maximum Gasteiger partial charge on any atom is 2.00 e. The van der Waals surface area contributed by atoms with Crippen LogP contribution in [0.1, 0.15) is 180 Å². The van der Waals surface area contributed by atoms with E-state index in [1.165, 1.54) is 64.0 Å². The summed E-state index contributed by atoms with van der Waals surface area (Å²) in [7, 11) is 1.31. The molecule has 5 heterocycles. The molecule has 0 saturated carbocycles. The van der Waals surface area contributed by atoms with Gasteiger partial charge in [-0.1, -0.05) is 139 Å². The first-order valence-corrected chi connectivity index (χ1v) is 23.7. The van der Waals surface area contributed by atoms with Crippen LogP contribution >= 0.6 is 0 Å². The largest absolute Gasteiger partial charge is 2.00 e. The molecule has 9 nitrogen and oxygen atoms in total. The molecule has 6 rings (SSSR count). The average Bonchev–Trinajstić information content (AvgIpc) is 4.00. The Morgan fingerprint density at radius 2 is 1.59 bits per heavy atom. The summed E-state index contributed by atoms with van der Waals surface area (Å²) in [5, 5.41) is 6.90. The molecule has 1 N–H and O–H groups in total. The van der Waals surface area contributed by atoms with Crippen molar-refractivity contribution < 1.29 is 23.9 Å². The minimum Gasteiger partial charge on any atom is -0.664 e. The van der Waals surface area contributed by atoms with E-state index in [1.807, 2.05) is 44.2 Å². The Balaban J connectivity index is 0.00000771. The molecule has 64 heavy (non-hydrogen) atoms. The number of aromatic nitrogens is 3. The van der Waals surface area contributed by atoms with Gasteiger partial charge in [-0.25, -0.2) is 0 Å². The second kappa shape index (κ2) is 22.8. The molecule has 340 valence electrons. The molecule has 0 unspecified atom stereocenters. The molecule has 10 heteroatoms. The average molecular weight is 880 g/mol. The number of rotatable bonds is 20. The van der Waals surface area contributed by atoms with Crippen LogP contribution in [0.25, 0.3) is 35.2 Å². The fourth-order valence-corrected chi connectivity index (χ4v) is 10.0. The third kappa shape index (κ3) is 11.0. The van der Waals surface area contributed by atoms with Crippen molar-refractivity contribution in [2.45, 2.75) is 146 Å². The molecule has 0 amide bonds. The van der Waals surface area contributed by atoms with Gasteiger partial charge in [-0.3, -0.25) is 14.4 Å². The molecule has 8 bridgehead atoms. The number of allylic oxidation sites excluding steroid dienone is 3. The monoisotopic (exact) mass is 880 g/mol. The standard InChI is InChI=1S/C54H72N4O5.Mg/c1-12-15-16-19-31(4)20-17-21-32(5)22-18-23-33(6)26-27-63-47(59)25-24-40-36(9)43-28-41-34(7)38(13-2)45(55-41)29-42-35(8)39(14-3)46(56-42)30-44-37(10)48-52(58-44)49(51(40)57-43)50(53(48)60)54(61)62-11;/h13,26,28-32,36,40,50H,2,12,14-25,27H2,1,3-11H3,(H2,57,58,60);/q-2;+2/p-1/b33-26+,42-29-,43-28-,46-30-;/t31-,32-,36+,40+,50-;/m1./s1. The Bertz CT molecular complexity index is 2420. The van der Waals surface area contributed by atoms with Crippen molar-refractivity contribution in [3.05, 3.63) is 102 Å². The molecular formula is C54H71MgN4O5-. The number of ether oxygens (including phenoxy) is 2. The number of nitrogens with one attached hydrogen (secondary N) is 1. The number of carbonyl (C=O) groups is 3. The van der Waals surface area contributed by atoms with E-state index in [2.05, 4.69) is 60.0 Å². The number of hydrogen-bond acceptors (Lipinski definition) is 5. The first kappa shape index (κ1) is 50.7. The summed E-state index contributed by atoms with van der Waals surface area (Å²) in [6, 6.07) is 0. The second-order valence-electron chi connectivity index (χ2n) is 18.7. The molecule has 3 aromatic rings. The number of Topliss-reactive ketones (excluding diaryl/α,β-unsaturated/α-hetero) is 1. The van der Waals surface area contributed by atoms with Crippen LogP contribution in [0.3, 0.4) is 0 Å². The summed E-state index contributed by atoms with van der Waals surface area (Å²) in [5.74, 6) is -1.36. The van der Waals surface area contributed by atoms with Crippen molar-refractivity contribution in [2.75, 3.05) is 13.7 Å². The molecule has 3 aromatic heterocycles. The predicted molar refractivity (Wildman–Crippen MR) is 261 cm³/mol. The fraction of sp³-hybridized carbons (Fsp3) is 0.537. The Morgan fingerprint density at radius 1 is 0.891 bits per heavy atom. The number of methoxy groups -OCH3 is 1. The van der Waals surface area contributed by atoms with Gasteiger partial charge < -0.3 is 29.7 Å². The van der Waals surface area contributed by atoms with Crippen molar-refractivity contribution in [1.82, 2.24) is 15.0 Å². The molecule has 0 spiro atoms. The Kier molecular flexibility index (Phi) is 18.0. The third-order valence-electron chi connectivity index (χ3n) is 14.1. The van der Waals surface area contributed by atoms with Crippen LogP contribution in [0.15, 0.2) is 29.6 Å². The topological polar surface area (TPSA) is 128 Å². The first-order chi connectivity index (χ1) is 30.2. The molecule has 1 saturated heterocycles. The maximum atomic E-state index is 14.4. The van der Waals surface area contributed by atoms with Crippen molar-refractivity contribution in [3.63, 3.8) is 0 Å². The van der Waals surface area contributed by atoms with E-state index in [0.717, 1.165) is 92.4 Å². The van der Waals surface area contributed by atoms with Gasteiger partial charge in [-0.2, -0.15) is 5.70 Å². The van der Waals surface area contributed by atoms with Crippen LogP contribution in [0, 0.1) is 50.4 Å². The van der Waals surface area contributed by atoms with Crippen molar-refractivity contribution in [3.8, 4) is 0 Å². The summed E-state index contributed by atoms with van der Waals surface area (Å²) in [5.41, 5.74) is 11.2. The molecule has 3 aliphatic rings. The molecule has 5 atom stereocenters. The van der Waals surface area contributed by atoms with Gasteiger partial charge in [0.2, 0.25) is 0 Å². The second-order valence-corrected chi connectivity index (χ2v) is 18.7. The normalized spacial score (nSPS) is 21.7. The molecule has 2 aliphatic heterocycles. The summed E-state index contributed by atoms with van der Waals surface area (Å²) in [6.45, 7) is 23.7. The van der Waals surface area contributed by atoms with Crippen LogP contribution in [-0.4, -0.2) is 59.5 Å². The predicted octanol–water partition coefficient (Wildman–Crippen LogP) is 10.5. The molecule has 1 aliphatic carbocycles. The van der Waals surface area contributed by atoms with Crippen LogP contribution in [0.2, 0.25) is 0 Å². The van der Waals surface area contributed by atoms with Gasteiger partial charge in [-0.15, -0.1) is 27.8 Å². The Hall–Kier alpha value is -4.28. The van der Waals surface area contributed by atoms with E-state index in [-0.39, 0.29) is 59.7 Å². The number of aromatic amines is 1. The zero-order valence-corrected chi connectivity index (χ0v) is 41.9. The Morgan fingerprint density at radius 3 is 2.27 bits per heavy atom. The van der Waals surface area contributed by atoms with E-state index < -0.39 is 11.9 Å². The zero-order valence-electron chi connectivity index (χ0n) is 40.5.